The molecule has 0 radical (unpaired) electrons. The van der Waals surface area contributed by atoms with Gasteiger partial charge in [0.05, 0.1) is 5.92 Å². The predicted octanol–water partition coefficient (Wildman–Crippen LogP) is 3.61. The van der Waals surface area contributed by atoms with Crippen molar-refractivity contribution in [2.75, 3.05) is 6.54 Å². The van der Waals surface area contributed by atoms with Crippen LogP contribution in [0.4, 0.5) is 18.0 Å². The number of hydrogen-bond acceptors (Lipinski definition) is 3. The van der Waals surface area contributed by atoms with Crippen LogP contribution in [0.25, 0.3) is 0 Å². The van der Waals surface area contributed by atoms with Gasteiger partial charge in [-0.15, -0.1) is 0 Å². The molecule has 0 aliphatic heterocycles. The van der Waals surface area contributed by atoms with E-state index in [1.54, 1.807) is 20.8 Å². The van der Waals surface area contributed by atoms with Gasteiger partial charge in [-0.3, -0.25) is 0 Å². The Balaban J connectivity index is 2.24. The molecular formula is C15H27F3N2O2. The minimum absolute atomic E-state index is 0.0139. The van der Waals surface area contributed by atoms with Gasteiger partial charge in [0.15, 0.2) is 0 Å². The van der Waals surface area contributed by atoms with Crippen LogP contribution in [0.2, 0.25) is 0 Å². The SMILES string of the molecule is CC(CNC(=O)OC(C)(C)C)NC1CCC(C(F)(F)F)CC1. The third-order valence-corrected chi connectivity index (χ3v) is 3.66. The largest absolute Gasteiger partial charge is 0.444 e. The Bertz CT molecular complexity index is 359. The van der Waals surface area contributed by atoms with Crippen LogP contribution in [-0.4, -0.2) is 36.5 Å². The van der Waals surface area contributed by atoms with Gasteiger partial charge in [-0.05, 0) is 53.4 Å². The zero-order valence-corrected chi connectivity index (χ0v) is 13.7. The quantitative estimate of drug-likeness (QED) is 0.830. The molecule has 2 N–H and O–H groups in total. The smallest absolute Gasteiger partial charge is 0.407 e. The van der Waals surface area contributed by atoms with Crippen molar-refractivity contribution in [2.24, 2.45) is 5.92 Å². The van der Waals surface area contributed by atoms with E-state index in [9.17, 15) is 18.0 Å². The van der Waals surface area contributed by atoms with Crippen LogP contribution in [0.1, 0.15) is 53.4 Å². The van der Waals surface area contributed by atoms with E-state index in [1.807, 2.05) is 6.92 Å². The van der Waals surface area contributed by atoms with Gasteiger partial charge < -0.3 is 15.4 Å². The van der Waals surface area contributed by atoms with Gasteiger partial charge in [0, 0.05) is 18.6 Å². The summed E-state index contributed by atoms with van der Waals surface area (Å²) in [4.78, 5) is 11.5. The first-order valence-electron chi connectivity index (χ1n) is 7.77. The zero-order valence-electron chi connectivity index (χ0n) is 13.7. The van der Waals surface area contributed by atoms with Crippen LogP contribution >= 0.6 is 0 Å². The Labute approximate surface area is 130 Å². The Hall–Kier alpha value is -0.980. The van der Waals surface area contributed by atoms with Crippen LogP contribution in [0.15, 0.2) is 0 Å². The predicted molar refractivity (Wildman–Crippen MR) is 78.6 cm³/mol. The van der Waals surface area contributed by atoms with Crippen LogP contribution in [0.3, 0.4) is 0 Å². The van der Waals surface area contributed by atoms with Crippen LogP contribution < -0.4 is 10.6 Å². The number of halogens is 3. The molecule has 1 fully saturated rings. The van der Waals surface area contributed by atoms with Gasteiger partial charge in [0.1, 0.15) is 5.60 Å². The summed E-state index contributed by atoms with van der Waals surface area (Å²) in [5, 5.41) is 5.93. The van der Waals surface area contributed by atoms with E-state index in [4.69, 9.17) is 4.74 Å². The lowest BCUT2D eigenvalue weighted by molar-refractivity contribution is -0.182. The molecule has 0 aromatic heterocycles. The molecule has 0 bridgehead atoms. The molecule has 1 atom stereocenters. The number of carbonyl (C=O) groups is 1. The highest BCUT2D eigenvalue weighted by Crippen LogP contribution is 2.37. The van der Waals surface area contributed by atoms with E-state index >= 15 is 0 Å². The summed E-state index contributed by atoms with van der Waals surface area (Å²) in [6, 6.07) is 0.0639. The number of hydrogen-bond donors (Lipinski definition) is 2. The van der Waals surface area contributed by atoms with Gasteiger partial charge in [0.25, 0.3) is 0 Å². The lowest BCUT2D eigenvalue weighted by atomic mass is 9.85. The standard InChI is InChI=1S/C15H27F3N2O2/c1-10(9-19-13(21)22-14(2,3)4)20-12-7-5-11(6-8-12)15(16,17)18/h10-12,20H,5-9H2,1-4H3,(H,19,21). The maximum absolute atomic E-state index is 12.6. The average Bonchev–Trinajstić information content (AvgIpc) is 2.34. The van der Waals surface area contributed by atoms with E-state index in [1.165, 1.54) is 0 Å². The van der Waals surface area contributed by atoms with Crippen molar-refractivity contribution in [3.05, 3.63) is 0 Å². The number of ether oxygens (including phenoxy) is 1. The Morgan fingerprint density at radius 2 is 1.73 bits per heavy atom. The number of alkyl halides is 3. The van der Waals surface area contributed by atoms with Crippen LogP contribution in [-0.2, 0) is 4.74 Å². The highest BCUT2D eigenvalue weighted by Gasteiger charge is 2.41. The summed E-state index contributed by atoms with van der Waals surface area (Å²) < 4.78 is 42.9. The Kier molecular flexibility index (Phi) is 6.52. The number of alkyl carbamates (subject to hydrolysis) is 1. The minimum atomic E-state index is -4.07. The third kappa shape index (κ3) is 7.33. The normalized spacial score (nSPS) is 24.7. The van der Waals surface area contributed by atoms with Gasteiger partial charge in [-0.25, -0.2) is 4.79 Å². The molecule has 0 aromatic carbocycles. The highest BCUT2D eigenvalue weighted by molar-refractivity contribution is 5.67. The number of carbonyl (C=O) groups excluding carboxylic acids is 1. The molecule has 7 heteroatoms. The minimum Gasteiger partial charge on any atom is -0.444 e. The second-order valence-corrected chi connectivity index (χ2v) is 7.04. The molecule has 1 amide bonds. The van der Waals surface area contributed by atoms with Crippen molar-refractivity contribution in [1.29, 1.82) is 0 Å². The fraction of sp³-hybridized carbons (Fsp3) is 0.933. The van der Waals surface area contributed by atoms with E-state index < -0.39 is 23.8 Å². The lowest BCUT2D eigenvalue weighted by Gasteiger charge is -2.32. The van der Waals surface area contributed by atoms with Crippen molar-refractivity contribution < 1.29 is 22.7 Å². The summed E-state index contributed by atoms with van der Waals surface area (Å²) >= 11 is 0. The molecule has 1 rings (SSSR count). The summed E-state index contributed by atoms with van der Waals surface area (Å²) in [6.07, 6.45) is -3.18. The monoisotopic (exact) mass is 324 g/mol. The first kappa shape index (κ1) is 19.1. The number of nitrogens with one attached hydrogen (secondary N) is 2. The second-order valence-electron chi connectivity index (χ2n) is 7.04. The highest BCUT2D eigenvalue weighted by atomic mass is 19.4. The first-order valence-corrected chi connectivity index (χ1v) is 7.77. The summed E-state index contributed by atoms with van der Waals surface area (Å²) in [5.41, 5.74) is -0.545. The Morgan fingerprint density at radius 1 is 1.18 bits per heavy atom. The molecule has 0 spiro atoms. The summed E-state index contributed by atoms with van der Waals surface area (Å²) in [6.45, 7) is 7.63. The van der Waals surface area contributed by atoms with Gasteiger partial charge in [-0.1, -0.05) is 0 Å². The Morgan fingerprint density at radius 3 is 2.18 bits per heavy atom. The summed E-state index contributed by atoms with van der Waals surface area (Å²) in [5.74, 6) is -1.17. The van der Waals surface area contributed by atoms with Gasteiger partial charge in [-0.2, -0.15) is 13.2 Å². The van der Waals surface area contributed by atoms with Crippen molar-refractivity contribution in [3.63, 3.8) is 0 Å². The molecule has 1 unspecified atom stereocenters. The van der Waals surface area contributed by atoms with E-state index in [0.717, 1.165) is 0 Å². The molecule has 0 saturated heterocycles. The molecule has 130 valence electrons. The summed E-state index contributed by atoms with van der Waals surface area (Å²) in [7, 11) is 0. The van der Waals surface area contributed by atoms with E-state index in [0.29, 0.717) is 19.4 Å². The molecule has 1 aliphatic carbocycles. The topological polar surface area (TPSA) is 50.4 Å². The van der Waals surface area contributed by atoms with Crippen molar-refractivity contribution >= 4 is 6.09 Å². The molecule has 22 heavy (non-hydrogen) atoms. The molecular weight excluding hydrogens is 297 g/mol. The van der Waals surface area contributed by atoms with Crippen molar-refractivity contribution in [2.45, 2.75) is 77.2 Å². The van der Waals surface area contributed by atoms with Gasteiger partial charge in [0.2, 0.25) is 0 Å². The molecule has 0 heterocycles. The zero-order chi connectivity index (χ0) is 17.0. The number of amides is 1. The van der Waals surface area contributed by atoms with Gasteiger partial charge >= 0.3 is 12.3 Å². The lowest BCUT2D eigenvalue weighted by Crippen LogP contribution is -2.46. The average molecular weight is 324 g/mol. The fourth-order valence-corrected chi connectivity index (χ4v) is 2.60. The van der Waals surface area contributed by atoms with Crippen molar-refractivity contribution in [3.8, 4) is 0 Å². The third-order valence-electron chi connectivity index (χ3n) is 3.66. The van der Waals surface area contributed by atoms with Crippen molar-refractivity contribution in [1.82, 2.24) is 10.6 Å². The number of rotatable bonds is 4. The maximum atomic E-state index is 12.6. The van der Waals surface area contributed by atoms with E-state index in [-0.39, 0.29) is 24.9 Å². The first-order chi connectivity index (χ1) is 9.97. The molecule has 4 nitrogen and oxygen atoms in total. The van der Waals surface area contributed by atoms with Crippen LogP contribution in [0, 0.1) is 5.92 Å². The fourth-order valence-electron chi connectivity index (χ4n) is 2.60. The molecule has 0 aromatic rings. The maximum Gasteiger partial charge on any atom is 0.407 e. The second kappa shape index (κ2) is 7.53. The van der Waals surface area contributed by atoms with Crippen LogP contribution in [0.5, 0.6) is 0 Å². The van der Waals surface area contributed by atoms with E-state index in [2.05, 4.69) is 10.6 Å². The molecule has 1 aliphatic rings. The molecule has 1 saturated carbocycles.